The summed E-state index contributed by atoms with van der Waals surface area (Å²) in [6, 6.07) is 6.86. The minimum absolute atomic E-state index is 0. The van der Waals surface area contributed by atoms with E-state index in [0.29, 0.717) is 81.8 Å². The van der Waals surface area contributed by atoms with Crippen molar-refractivity contribution >= 4 is 106 Å². The molecule has 12 amide bonds. The van der Waals surface area contributed by atoms with Gasteiger partial charge in [-0.2, -0.15) is 50.0 Å². The fourth-order valence-electron chi connectivity index (χ4n) is 10.2. The van der Waals surface area contributed by atoms with Crippen LogP contribution in [0.25, 0.3) is 17.1 Å². The molecule has 12 N–H and O–H groups in total. The van der Waals surface area contributed by atoms with E-state index in [1.54, 1.807) is 108 Å². The first kappa shape index (κ1) is 76.1. The van der Waals surface area contributed by atoms with Crippen LogP contribution in [0.4, 0.5) is 19.2 Å². The number of nitrogens with one attached hydrogen (secondary N) is 2. The second kappa shape index (κ2) is 36.3. The topological polar surface area (TPSA) is 490 Å². The molecule has 5 aromatic rings. The molecule has 4 unspecified atom stereocenters. The summed E-state index contributed by atoms with van der Waals surface area (Å²) in [5, 5.41) is 51.0. The summed E-state index contributed by atoms with van der Waals surface area (Å²) in [7, 11) is 1.36. The van der Waals surface area contributed by atoms with Crippen LogP contribution >= 0.6 is 34.9 Å². The van der Waals surface area contributed by atoms with Gasteiger partial charge >= 0.3 is 59.7 Å². The Hall–Kier alpha value is -9.28. The molecule has 39 nitrogen and oxygen atoms in total. The number of halogens is 1. The second-order valence-electron chi connectivity index (χ2n) is 21.5. The Bertz CT molecular complexity index is 3790. The predicted octanol–water partition coefficient (Wildman–Crippen LogP) is -2.85. The zero-order chi connectivity index (χ0) is 69.9. The van der Waals surface area contributed by atoms with Crippen LogP contribution in [0.3, 0.4) is 0 Å². The number of nitrogens with two attached hydrogens (primary N) is 4. The zero-order valence-electron chi connectivity index (χ0n) is 52.8. The fourth-order valence-corrected chi connectivity index (χ4v) is 11.4. The monoisotopic (exact) mass is 1500 g/mol. The summed E-state index contributed by atoms with van der Waals surface area (Å²) < 4.78 is 19.6. The third kappa shape index (κ3) is 20.9. The minimum Gasteiger partial charge on any atom is -0.469 e. The summed E-state index contributed by atoms with van der Waals surface area (Å²) in [6.45, 7) is 11.9. The van der Waals surface area contributed by atoms with Gasteiger partial charge < -0.3 is 47.3 Å². The Morgan fingerprint density at radius 2 is 0.969 bits per heavy atom. The van der Waals surface area contributed by atoms with Gasteiger partial charge in [0.2, 0.25) is 36.0 Å². The number of hydrogen-bond donors (Lipinski definition) is 8. The van der Waals surface area contributed by atoms with Gasteiger partial charge in [-0.25, -0.2) is 38.5 Å². The predicted molar refractivity (Wildman–Crippen MR) is 344 cm³/mol. The Labute approximate surface area is 597 Å². The number of nitrogens with zero attached hydrogens (tertiary/aromatic N) is 16. The van der Waals surface area contributed by atoms with E-state index in [9.17, 15) is 48.4 Å². The number of aromatic nitrogens is 10. The molecule has 5 aromatic heterocycles. The van der Waals surface area contributed by atoms with Gasteiger partial charge in [-0.1, -0.05) is 17.2 Å². The maximum atomic E-state index is 12.2. The summed E-state index contributed by atoms with van der Waals surface area (Å²) in [6.07, 6.45) is 19.9. The number of rotatable bonds is 23. The van der Waals surface area contributed by atoms with Gasteiger partial charge in [0.05, 0.1) is 131 Å². The summed E-state index contributed by atoms with van der Waals surface area (Å²) >= 11 is 2.56. The number of H-pyrrole nitrogens is 2. The minimum atomic E-state index is -0.463. The molecule has 0 radical (unpaired) electrons. The van der Waals surface area contributed by atoms with E-state index in [2.05, 4.69) is 91.6 Å². The SMILES string of the molecule is C=CCON1C(=O)N2CC(I)=CC1C2.C=CCON1C(=O)N2CC(n3ccc(CC(N)=O)n3)=CC1C2.COC(=O)Cc1ccn[nH]1.NC(=O)Cc1ccn(C2=CC3CN(C2)C(=O)N3O)n1.NC(=O)Cc1ccn(C2=CC3CN(C2)C(=O)N3OSOOO)n1.NC(=O)Cc1ccn[nH]1.[Na+]. The third-order valence-corrected chi connectivity index (χ3v) is 15.4. The van der Waals surface area contributed by atoms with Crippen molar-refractivity contribution in [2.45, 2.75) is 56.3 Å². The Kier molecular flexibility index (Phi) is 28.2. The molecule has 8 aliphatic heterocycles. The van der Waals surface area contributed by atoms with Gasteiger partial charge in [0, 0.05) is 72.1 Å². The molecular formula is C56H69IN22NaO17S+. The van der Waals surface area contributed by atoms with Crippen LogP contribution in [-0.2, 0) is 84.1 Å². The number of primary amides is 4. The van der Waals surface area contributed by atoms with Crippen LogP contribution in [0.2, 0.25) is 0 Å². The largest absolute Gasteiger partial charge is 1.00 e. The van der Waals surface area contributed by atoms with E-state index in [1.165, 1.54) is 25.7 Å². The Balaban J connectivity index is 0.000000170. The van der Waals surface area contributed by atoms with Gasteiger partial charge in [0.25, 0.3) is 0 Å². The number of hydrogen-bond acceptors (Lipinski definition) is 23. The van der Waals surface area contributed by atoms with Crippen LogP contribution in [0, 0.1) is 0 Å². The molecule has 13 heterocycles. The second-order valence-corrected chi connectivity index (χ2v) is 23.3. The standard InChI is InChI=1S/C14H17N5O3.C11H13N5O6S.C11H13N5O3.C9H11IN2O2.C6H8N2O2.C5H7N3O.Na/c1-2-5-22-19-12-7-11(8-17(9-12)14(19)21)18-4-3-10(16-18)6-13(15)20;12-10(17)3-7-1-2-15(13-7)8-4-9-6-14(5-8)11(18)16(9)20-23-22-21-19;12-10(17)3-7-1-2-15(13-7)8-4-9-6-14(5-8)11(18)16(9)19;1-2-3-14-12-8-4-7(10)5-11(6-8)9(12)13;1-10-6(9)4-5-2-3-7-8-5;6-5(9)3-4-1-2-7-8-4;/h2-4,7,12H,1,5-6,8-9H2,(H2,15,20);1-2,4,9,19H,3,5-6H2,(H2,12,17);1-2,4,9,19H,3,5-6H2,(H2,12,17);2,4,8H,1,3,5-6H2;2-3H,4H2,1H3,(H,7,8);1-2H,3H2,(H2,6,9)(H,7,8);/q;;;;;;+1. The third-order valence-electron chi connectivity index (χ3n) is 14.4. The normalized spacial score (nSPS) is 18.9. The number of methoxy groups -OCH3 is 1. The van der Waals surface area contributed by atoms with Gasteiger partial charge in [-0.15, -0.1) is 17.5 Å². The van der Waals surface area contributed by atoms with Gasteiger partial charge in [0.15, 0.2) is 0 Å². The number of hydroxylamine groups is 8. The molecular weight excluding hydrogens is 1430 g/mol. The summed E-state index contributed by atoms with van der Waals surface area (Å²) in [4.78, 5) is 118. The van der Waals surface area contributed by atoms with E-state index in [4.69, 9.17) is 42.2 Å². The number of ether oxygens (including phenoxy) is 1. The fraction of sp³-hybridized carbons (Fsp3) is 0.357. The Morgan fingerprint density at radius 3 is 1.37 bits per heavy atom. The van der Waals surface area contributed by atoms with E-state index in [-0.39, 0.29) is 122 Å². The van der Waals surface area contributed by atoms with Crippen molar-refractivity contribution in [2.75, 3.05) is 72.7 Å². The van der Waals surface area contributed by atoms with Crippen molar-refractivity contribution in [3.63, 3.8) is 0 Å². The number of aromatic amines is 2. The van der Waals surface area contributed by atoms with Crippen molar-refractivity contribution in [1.29, 1.82) is 0 Å². The summed E-state index contributed by atoms with van der Waals surface area (Å²) in [5.41, 5.74) is 26.0. The van der Waals surface area contributed by atoms with E-state index in [0.717, 1.165) is 45.2 Å². The van der Waals surface area contributed by atoms with Gasteiger partial charge in [-0.05, 0) is 77.2 Å². The average molecular weight is 1500 g/mol. The first-order valence-corrected chi connectivity index (χ1v) is 30.9. The number of carbonyl (C=O) groups is 9. The number of esters is 1. The van der Waals surface area contributed by atoms with Crippen LogP contribution in [0.5, 0.6) is 0 Å². The quantitative estimate of drug-likeness (QED) is 0.00375. The maximum absolute atomic E-state index is 12.2. The molecule has 518 valence electrons. The molecule has 0 saturated carbocycles. The molecule has 0 aliphatic carbocycles. The maximum Gasteiger partial charge on any atom is 1.00 e. The molecule has 4 fully saturated rings. The Morgan fingerprint density at radius 1 is 0.582 bits per heavy atom. The number of urea groups is 4. The molecule has 8 aliphatic rings. The smallest absolute Gasteiger partial charge is 0.469 e. The first-order chi connectivity index (χ1) is 46.5. The van der Waals surface area contributed by atoms with Gasteiger partial charge in [0.1, 0.15) is 6.04 Å². The zero-order valence-corrected chi connectivity index (χ0v) is 57.8. The van der Waals surface area contributed by atoms with Gasteiger partial charge in [-0.3, -0.25) is 49.1 Å². The summed E-state index contributed by atoms with van der Waals surface area (Å²) in [5.74, 6) is -1.94. The van der Waals surface area contributed by atoms with Crippen LogP contribution in [0.1, 0.15) is 28.5 Å². The number of amides is 12. The van der Waals surface area contributed by atoms with Crippen LogP contribution in [0.15, 0.2) is 115 Å². The number of carbonyl (C=O) groups excluding carboxylic acids is 9. The van der Waals surface area contributed by atoms with E-state index in [1.807, 2.05) is 12.2 Å². The van der Waals surface area contributed by atoms with Crippen LogP contribution in [-0.4, -0.2) is 251 Å². The molecule has 42 heteroatoms. The molecule has 8 bridgehead atoms. The van der Waals surface area contributed by atoms with Crippen molar-refractivity contribution in [3.8, 4) is 0 Å². The van der Waals surface area contributed by atoms with E-state index < -0.39 is 23.8 Å². The van der Waals surface area contributed by atoms with Crippen molar-refractivity contribution in [3.05, 3.63) is 143 Å². The molecule has 98 heavy (non-hydrogen) atoms. The van der Waals surface area contributed by atoms with Crippen molar-refractivity contribution < 1.29 is 111 Å². The number of fused-ring (bicyclic) bond motifs is 8. The average Bonchev–Trinajstić information content (AvgIpc) is 1.65. The van der Waals surface area contributed by atoms with Crippen LogP contribution < -0.4 is 52.5 Å². The van der Waals surface area contributed by atoms with Crippen molar-refractivity contribution in [1.82, 2.24) is 89.6 Å². The van der Waals surface area contributed by atoms with E-state index >= 15 is 0 Å². The van der Waals surface area contributed by atoms with Crippen molar-refractivity contribution in [2.24, 2.45) is 22.9 Å². The molecule has 4 saturated heterocycles. The molecule has 0 aromatic carbocycles. The molecule has 0 spiro atoms. The molecule has 4 atom stereocenters. The molecule has 13 rings (SSSR count). The first-order valence-electron chi connectivity index (χ1n) is 29.1.